The molecule has 12 aromatic carbocycles. The third-order valence-corrected chi connectivity index (χ3v) is 19.0. The number of benzene rings is 12. The first kappa shape index (κ1) is 49.4. The average Bonchev–Trinajstić information content (AvgIpc) is 2.08. The van der Waals surface area contributed by atoms with E-state index in [1.807, 2.05) is 0 Å². The van der Waals surface area contributed by atoms with E-state index in [1.165, 1.54) is 204 Å². The summed E-state index contributed by atoms with van der Waals surface area (Å²) in [6, 6.07) is 69.2. The second-order valence-corrected chi connectivity index (χ2v) is 24.6. The Morgan fingerprint density at radius 2 is 0.617 bits per heavy atom. The normalized spacial score (nSPS) is 12.6. The number of hydrogen-bond acceptors (Lipinski definition) is 0. The molecule has 2 aliphatic rings. The smallest absolute Gasteiger partial charge is 0.248 e. The zero-order valence-corrected chi connectivity index (χ0v) is 48.8. The molecule has 0 bridgehead atoms. The Balaban J connectivity index is 1.15. The Labute approximate surface area is 478 Å². The molecule has 388 valence electrons. The van der Waals surface area contributed by atoms with Gasteiger partial charge in [0.25, 0.3) is 0 Å². The number of rotatable bonds is 7. The fourth-order valence-corrected chi connectivity index (χ4v) is 16.6. The maximum absolute atomic E-state index is 2.78. The van der Waals surface area contributed by atoms with Gasteiger partial charge in [0.05, 0.1) is 0 Å². The minimum atomic E-state index is -0.113. The van der Waals surface area contributed by atoms with Gasteiger partial charge in [-0.1, -0.05) is 203 Å². The maximum Gasteiger partial charge on any atom is 0.248 e. The molecule has 0 spiro atoms. The van der Waals surface area contributed by atoms with E-state index in [4.69, 9.17) is 0 Å². The van der Waals surface area contributed by atoms with E-state index < -0.39 is 0 Å². The Bertz CT molecular complexity index is 4630. The lowest BCUT2D eigenvalue weighted by Gasteiger charge is -2.37. The summed E-state index contributed by atoms with van der Waals surface area (Å²) in [6.45, 7) is 27.4. The highest BCUT2D eigenvalue weighted by Gasteiger charge is 2.45. The van der Waals surface area contributed by atoms with Crippen LogP contribution in [-0.4, -0.2) is 18.0 Å². The van der Waals surface area contributed by atoms with Crippen LogP contribution >= 0.6 is 0 Å². The first-order valence-corrected chi connectivity index (χ1v) is 29.2. The topological polar surface area (TPSA) is 4.93 Å². The van der Waals surface area contributed by atoms with Crippen molar-refractivity contribution in [3.05, 3.63) is 243 Å². The van der Waals surface area contributed by atoms with Crippen molar-refractivity contribution in [3.63, 3.8) is 0 Å². The minimum absolute atomic E-state index is 0.109. The molecule has 3 heteroatoms. The molecule has 0 amide bonds. The van der Waals surface area contributed by atoms with E-state index >= 15 is 0 Å². The molecule has 0 radical (unpaired) electrons. The highest BCUT2D eigenvalue weighted by atomic mass is 15.0. The van der Waals surface area contributed by atoms with Gasteiger partial charge in [0.2, 0.25) is 13.4 Å². The van der Waals surface area contributed by atoms with Gasteiger partial charge >= 0.3 is 0 Å². The Morgan fingerprint density at radius 1 is 0.272 bits per heavy atom. The molecule has 15 rings (SSSR count). The molecule has 0 N–H and O–H groups in total. The van der Waals surface area contributed by atoms with Crippen molar-refractivity contribution in [2.45, 2.75) is 83.1 Å². The van der Waals surface area contributed by atoms with E-state index in [2.05, 4.69) is 264 Å². The Hall–Kier alpha value is -8.65. The summed E-state index contributed by atoms with van der Waals surface area (Å²) >= 11 is 0. The molecule has 0 saturated heterocycles. The number of nitrogens with zero attached hydrogens (tertiary/aromatic N) is 1. The lowest BCUT2D eigenvalue weighted by atomic mass is 9.30. The standard InChI is InChI=1S/C78H65B2N/c1-42-33-46(5)68(47(6)34-42)59-21-16-22-60(69-48(7)35-43(2)36-49(69)8)74(59)79-64-25-18-26-65-76(64)81-77-66(79)31-29-57-56-28-27-55(54-19-14-13-15-20-54)41-63(56)58-30-32-67(78(81)73(58)72(57)77)80(65)75-61(70-50(9)37-44(3)38-51(70)10)23-17-24-62(75)71-52(11)39-45(4)40-53(71)12/h13-41H,1-12H3. The van der Waals surface area contributed by atoms with Crippen molar-refractivity contribution in [1.82, 2.24) is 4.57 Å². The van der Waals surface area contributed by atoms with Crippen LogP contribution in [0.2, 0.25) is 0 Å². The van der Waals surface area contributed by atoms with Crippen molar-refractivity contribution < 1.29 is 0 Å². The van der Waals surface area contributed by atoms with Gasteiger partial charge < -0.3 is 4.57 Å². The monoisotopic (exact) mass is 1040 g/mol. The molecule has 0 saturated carbocycles. The van der Waals surface area contributed by atoms with Crippen molar-refractivity contribution in [1.29, 1.82) is 0 Å². The molecule has 13 aromatic rings. The molecule has 0 aliphatic carbocycles. The third-order valence-electron chi connectivity index (χ3n) is 19.0. The number of hydrogen-bond donors (Lipinski definition) is 0. The first-order valence-electron chi connectivity index (χ1n) is 29.2. The minimum Gasteiger partial charge on any atom is -0.311 e. The zero-order valence-electron chi connectivity index (χ0n) is 48.8. The zero-order chi connectivity index (χ0) is 55.6. The predicted molar refractivity (Wildman–Crippen MR) is 353 cm³/mol. The van der Waals surface area contributed by atoms with Gasteiger partial charge in [-0.3, -0.25) is 0 Å². The summed E-state index contributed by atoms with van der Waals surface area (Å²) in [5, 5.41) is 7.98. The maximum atomic E-state index is 2.78. The quantitative estimate of drug-likeness (QED) is 0.111. The van der Waals surface area contributed by atoms with Crippen LogP contribution in [-0.2, 0) is 0 Å². The summed E-state index contributed by atoms with van der Waals surface area (Å²) in [5.74, 6) is 0. The molecular formula is C78H65B2N. The molecule has 0 fully saturated rings. The summed E-state index contributed by atoms with van der Waals surface area (Å²) in [4.78, 5) is 0. The number of fused-ring (bicyclic) bond motifs is 3. The van der Waals surface area contributed by atoms with E-state index in [-0.39, 0.29) is 13.4 Å². The van der Waals surface area contributed by atoms with Crippen LogP contribution in [0, 0.1) is 83.1 Å². The highest BCUT2D eigenvalue weighted by molar-refractivity contribution is 7.03. The van der Waals surface area contributed by atoms with Gasteiger partial charge in [0.1, 0.15) is 0 Å². The van der Waals surface area contributed by atoms with E-state index in [0.29, 0.717) is 0 Å². The fourth-order valence-electron chi connectivity index (χ4n) is 16.6. The number of aromatic nitrogens is 1. The second-order valence-electron chi connectivity index (χ2n) is 24.6. The van der Waals surface area contributed by atoms with E-state index in [0.717, 1.165) is 0 Å². The molecular weight excluding hydrogens is 972 g/mol. The van der Waals surface area contributed by atoms with Gasteiger partial charge in [-0.2, -0.15) is 0 Å². The van der Waals surface area contributed by atoms with Crippen LogP contribution in [0.1, 0.15) is 66.8 Å². The largest absolute Gasteiger partial charge is 0.311 e. The van der Waals surface area contributed by atoms with Gasteiger partial charge in [-0.15, -0.1) is 0 Å². The first-order chi connectivity index (χ1) is 39.2. The lowest BCUT2D eigenvalue weighted by Crippen LogP contribution is -2.63. The summed E-state index contributed by atoms with van der Waals surface area (Å²) in [5.41, 5.74) is 41.0. The molecule has 1 nitrogen and oxygen atoms in total. The summed E-state index contributed by atoms with van der Waals surface area (Å²) in [7, 11) is 0. The van der Waals surface area contributed by atoms with Crippen molar-refractivity contribution in [2.75, 3.05) is 0 Å². The van der Waals surface area contributed by atoms with Crippen molar-refractivity contribution in [2.24, 2.45) is 0 Å². The van der Waals surface area contributed by atoms with E-state index in [9.17, 15) is 0 Å². The molecule has 1 aromatic heterocycles. The van der Waals surface area contributed by atoms with E-state index in [1.54, 1.807) is 0 Å². The SMILES string of the molecule is Cc1cc(C)c(-c2cccc(-c3c(C)cc(C)cc3C)c2B2c3cccc4c3-n3c5c2ccc2c6ccc(-c7ccccc7)cc6c6ccc(c3c6c25)B4c2c(-c3c(C)cc(C)cc3C)cccc2-c2c(C)cc(C)cc2C)c(C)c1. The van der Waals surface area contributed by atoms with Crippen molar-refractivity contribution in [3.8, 4) is 61.3 Å². The van der Waals surface area contributed by atoms with Gasteiger partial charge in [0.15, 0.2) is 0 Å². The van der Waals surface area contributed by atoms with Crippen LogP contribution < -0.4 is 32.8 Å². The third kappa shape index (κ3) is 7.07. The van der Waals surface area contributed by atoms with Crippen LogP contribution in [0.5, 0.6) is 0 Å². The van der Waals surface area contributed by atoms with Crippen molar-refractivity contribution >= 4 is 89.6 Å². The summed E-state index contributed by atoms with van der Waals surface area (Å²) < 4.78 is 2.78. The second kappa shape index (κ2) is 17.9. The van der Waals surface area contributed by atoms with Crippen LogP contribution in [0.25, 0.3) is 105 Å². The molecule has 2 aliphatic heterocycles. The van der Waals surface area contributed by atoms with Crippen LogP contribution in [0.4, 0.5) is 0 Å². The number of aryl methyl sites for hydroxylation is 12. The number of para-hydroxylation sites is 1. The highest BCUT2D eigenvalue weighted by Crippen LogP contribution is 2.47. The molecule has 3 heterocycles. The fraction of sp³-hybridized carbons (Fsp3) is 0.154. The van der Waals surface area contributed by atoms with Gasteiger partial charge in [0, 0.05) is 27.5 Å². The molecule has 0 atom stereocenters. The van der Waals surface area contributed by atoms with Crippen LogP contribution in [0.3, 0.4) is 0 Å². The van der Waals surface area contributed by atoms with Crippen LogP contribution in [0.15, 0.2) is 176 Å². The van der Waals surface area contributed by atoms with Gasteiger partial charge in [-0.05, 0) is 233 Å². The Morgan fingerprint density at radius 3 is 1.00 bits per heavy atom. The molecule has 0 unspecified atom stereocenters. The average molecular weight is 1040 g/mol. The lowest BCUT2D eigenvalue weighted by molar-refractivity contribution is 1.20. The Kier molecular flexibility index (Phi) is 10.9. The molecule has 81 heavy (non-hydrogen) atoms. The van der Waals surface area contributed by atoms with Gasteiger partial charge in [-0.25, -0.2) is 0 Å². The predicted octanol–water partition coefficient (Wildman–Crippen LogP) is 16.2. The summed E-state index contributed by atoms with van der Waals surface area (Å²) in [6.07, 6.45) is 0.